The molecule has 0 aliphatic heterocycles. The first-order chi connectivity index (χ1) is 13.2. The predicted octanol–water partition coefficient (Wildman–Crippen LogP) is 4.28. The normalized spacial score (nSPS) is 14.2. The molecule has 0 amide bonds. The van der Waals surface area contributed by atoms with E-state index in [2.05, 4.69) is 30.2 Å². The van der Waals surface area contributed by atoms with Crippen LogP contribution in [0.3, 0.4) is 0 Å². The summed E-state index contributed by atoms with van der Waals surface area (Å²) < 4.78 is 41.1. The minimum Gasteiger partial charge on any atom is -0.406 e. The highest BCUT2D eigenvalue weighted by Gasteiger charge is 2.31. The topological polar surface area (TPSA) is 62.3 Å². The van der Waals surface area contributed by atoms with Crippen LogP contribution in [0.5, 0.6) is 5.75 Å². The van der Waals surface area contributed by atoms with Crippen LogP contribution in [0.1, 0.15) is 30.0 Å². The zero-order valence-corrected chi connectivity index (χ0v) is 16.1. The number of halogens is 3. The van der Waals surface area contributed by atoms with Crippen LogP contribution in [0.15, 0.2) is 24.3 Å². The first kappa shape index (κ1) is 20.2. The number of aromatic nitrogens is 2. The summed E-state index contributed by atoms with van der Waals surface area (Å²) in [5.41, 5.74) is 2.25. The summed E-state index contributed by atoms with van der Waals surface area (Å²) in [5, 5.41) is 6.41. The lowest BCUT2D eigenvalue weighted by molar-refractivity contribution is -0.274. The fourth-order valence-corrected chi connectivity index (χ4v) is 2.70. The van der Waals surface area contributed by atoms with E-state index in [1.165, 1.54) is 12.1 Å². The maximum Gasteiger partial charge on any atom is 0.573 e. The Hall–Kier alpha value is -2.55. The highest BCUT2D eigenvalue weighted by Crippen LogP contribution is 2.40. The predicted molar refractivity (Wildman–Crippen MR) is 102 cm³/mol. The molecule has 1 fully saturated rings. The van der Waals surface area contributed by atoms with E-state index in [4.69, 9.17) is 0 Å². The number of alkyl halides is 3. The van der Waals surface area contributed by atoms with Crippen LogP contribution >= 0.6 is 0 Å². The second-order valence-electron chi connectivity index (χ2n) is 7.16. The quantitative estimate of drug-likeness (QED) is 0.696. The summed E-state index contributed by atoms with van der Waals surface area (Å²) >= 11 is 0. The number of nitrogens with one attached hydrogen (secondary N) is 2. The van der Waals surface area contributed by atoms with Gasteiger partial charge in [0, 0.05) is 30.8 Å². The molecule has 0 bridgehead atoms. The van der Waals surface area contributed by atoms with Crippen molar-refractivity contribution in [3.05, 3.63) is 35.5 Å². The summed E-state index contributed by atoms with van der Waals surface area (Å²) in [6, 6.07) is 6.07. The molecule has 0 saturated heterocycles. The van der Waals surface area contributed by atoms with Crippen molar-refractivity contribution >= 4 is 17.5 Å². The molecule has 152 valence electrons. The highest BCUT2D eigenvalue weighted by molar-refractivity contribution is 5.63. The van der Waals surface area contributed by atoms with E-state index >= 15 is 0 Å². The molecule has 1 aliphatic carbocycles. The van der Waals surface area contributed by atoms with Crippen molar-refractivity contribution in [2.75, 3.05) is 37.8 Å². The van der Waals surface area contributed by atoms with Gasteiger partial charge in [0.15, 0.2) is 0 Å². The molecule has 28 heavy (non-hydrogen) atoms. The Balaban J connectivity index is 1.76. The Morgan fingerprint density at radius 3 is 2.54 bits per heavy atom. The zero-order chi connectivity index (χ0) is 20.3. The largest absolute Gasteiger partial charge is 0.573 e. The SMILES string of the molecule is Cc1cc(OC(F)(F)F)ccc1Nc1cc(C2CC2)nc(NCCN(C)C)n1. The lowest BCUT2D eigenvalue weighted by atomic mass is 10.2. The molecule has 1 saturated carbocycles. The minimum absolute atomic E-state index is 0.247. The van der Waals surface area contributed by atoms with Crippen LogP contribution in [0.2, 0.25) is 0 Å². The van der Waals surface area contributed by atoms with Gasteiger partial charge in [0.05, 0.1) is 5.69 Å². The van der Waals surface area contributed by atoms with E-state index in [1.807, 2.05) is 20.2 Å². The third-order valence-corrected chi connectivity index (χ3v) is 4.28. The number of rotatable bonds is 8. The van der Waals surface area contributed by atoms with Crippen molar-refractivity contribution in [2.24, 2.45) is 0 Å². The summed E-state index contributed by atoms with van der Waals surface area (Å²) in [6.45, 7) is 3.27. The number of ether oxygens (including phenoxy) is 1. The van der Waals surface area contributed by atoms with E-state index in [9.17, 15) is 13.2 Å². The van der Waals surface area contributed by atoms with Gasteiger partial charge < -0.3 is 20.3 Å². The van der Waals surface area contributed by atoms with Crippen LogP contribution in [0, 0.1) is 6.92 Å². The Morgan fingerprint density at radius 2 is 1.93 bits per heavy atom. The molecule has 2 N–H and O–H groups in total. The second kappa shape index (κ2) is 8.22. The summed E-state index contributed by atoms with van der Waals surface area (Å²) in [5.74, 6) is 1.35. The van der Waals surface area contributed by atoms with Gasteiger partial charge in [-0.25, -0.2) is 4.98 Å². The van der Waals surface area contributed by atoms with Gasteiger partial charge in [0.1, 0.15) is 11.6 Å². The Morgan fingerprint density at radius 1 is 1.18 bits per heavy atom. The lowest BCUT2D eigenvalue weighted by Crippen LogP contribution is -2.21. The van der Waals surface area contributed by atoms with Gasteiger partial charge in [-0.2, -0.15) is 4.98 Å². The molecule has 1 aliphatic rings. The standard InChI is InChI=1S/C19H24F3N5O/c1-12-10-14(28-19(20,21)22)6-7-15(12)24-17-11-16(13-4-5-13)25-18(26-17)23-8-9-27(2)3/h6-7,10-11,13H,4-5,8-9H2,1-3H3,(H2,23,24,25,26). The number of nitrogens with zero attached hydrogens (tertiary/aromatic N) is 3. The average molecular weight is 395 g/mol. The Kier molecular flexibility index (Phi) is 5.93. The summed E-state index contributed by atoms with van der Waals surface area (Å²) in [6.07, 6.45) is -2.49. The van der Waals surface area contributed by atoms with Crippen molar-refractivity contribution < 1.29 is 17.9 Å². The first-order valence-electron chi connectivity index (χ1n) is 9.10. The van der Waals surface area contributed by atoms with Crippen molar-refractivity contribution in [3.63, 3.8) is 0 Å². The van der Waals surface area contributed by atoms with Crippen LogP contribution in [0.4, 0.5) is 30.6 Å². The van der Waals surface area contributed by atoms with Crippen LogP contribution in [-0.2, 0) is 0 Å². The highest BCUT2D eigenvalue weighted by atomic mass is 19.4. The van der Waals surface area contributed by atoms with E-state index in [1.54, 1.807) is 13.0 Å². The molecule has 1 aromatic carbocycles. The van der Waals surface area contributed by atoms with E-state index in [-0.39, 0.29) is 5.75 Å². The molecule has 1 heterocycles. The van der Waals surface area contributed by atoms with Gasteiger partial charge in [-0.15, -0.1) is 13.2 Å². The number of hydrogen-bond donors (Lipinski definition) is 2. The van der Waals surface area contributed by atoms with Crippen molar-refractivity contribution in [1.82, 2.24) is 14.9 Å². The lowest BCUT2D eigenvalue weighted by Gasteiger charge is -2.15. The van der Waals surface area contributed by atoms with Gasteiger partial charge in [-0.05, 0) is 57.6 Å². The Bertz CT molecular complexity index is 822. The van der Waals surface area contributed by atoms with Gasteiger partial charge in [-0.1, -0.05) is 0 Å². The zero-order valence-electron chi connectivity index (χ0n) is 16.1. The van der Waals surface area contributed by atoms with Crippen LogP contribution < -0.4 is 15.4 Å². The molecule has 0 unspecified atom stereocenters. The van der Waals surface area contributed by atoms with Crippen molar-refractivity contribution in [2.45, 2.75) is 32.0 Å². The molecule has 3 rings (SSSR count). The molecular weight excluding hydrogens is 371 g/mol. The molecule has 6 nitrogen and oxygen atoms in total. The fraction of sp³-hybridized carbons (Fsp3) is 0.474. The first-order valence-corrected chi connectivity index (χ1v) is 9.10. The number of aryl methyl sites for hydroxylation is 1. The molecule has 9 heteroatoms. The number of anilines is 3. The molecule has 2 aromatic rings. The minimum atomic E-state index is -4.71. The van der Waals surface area contributed by atoms with Crippen molar-refractivity contribution in [3.8, 4) is 5.75 Å². The Labute approximate surface area is 162 Å². The number of likely N-dealkylation sites (N-methyl/N-ethyl adjacent to an activating group) is 1. The number of hydrogen-bond acceptors (Lipinski definition) is 6. The second-order valence-corrected chi connectivity index (χ2v) is 7.16. The maximum atomic E-state index is 12.4. The van der Waals surface area contributed by atoms with Gasteiger partial charge in [0.25, 0.3) is 0 Å². The van der Waals surface area contributed by atoms with Crippen LogP contribution in [-0.4, -0.2) is 48.4 Å². The van der Waals surface area contributed by atoms with Crippen LogP contribution in [0.25, 0.3) is 0 Å². The third-order valence-electron chi connectivity index (χ3n) is 4.28. The third kappa shape index (κ3) is 5.98. The van der Waals surface area contributed by atoms with Gasteiger partial charge in [-0.3, -0.25) is 0 Å². The molecular formula is C19H24F3N5O. The maximum absolute atomic E-state index is 12.4. The van der Waals surface area contributed by atoms with E-state index in [0.717, 1.165) is 25.1 Å². The molecule has 1 aromatic heterocycles. The van der Waals surface area contributed by atoms with Gasteiger partial charge >= 0.3 is 6.36 Å². The molecule has 0 spiro atoms. The fourth-order valence-electron chi connectivity index (χ4n) is 2.70. The summed E-state index contributed by atoms with van der Waals surface area (Å²) in [4.78, 5) is 11.1. The van der Waals surface area contributed by atoms with Crippen molar-refractivity contribution in [1.29, 1.82) is 0 Å². The van der Waals surface area contributed by atoms with E-state index in [0.29, 0.717) is 35.5 Å². The average Bonchev–Trinajstić information content (AvgIpc) is 3.40. The summed E-state index contributed by atoms with van der Waals surface area (Å²) in [7, 11) is 3.98. The monoisotopic (exact) mass is 395 g/mol. The smallest absolute Gasteiger partial charge is 0.406 e. The molecule has 0 radical (unpaired) electrons. The van der Waals surface area contributed by atoms with Gasteiger partial charge in [0.2, 0.25) is 5.95 Å². The van der Waals surface area contributed by atoms with E-state index < -0.39 is 6.36 Å². The molecule has 0 atom stereocenters. The number of benzene rings is 1.